The molecule has 2 rings (SSSR count). The molecule has 0 radical (unpaired) electrons. The molecule has 2 aromatic carbocycles. The van der Waals surface area contributed by atoms with Crippen LogP contribution >= 0.6 is 11.6 Å². The summed E-state index contributed by atoms with van der Waals surface area (Å²) in [6, 6.07) is 11.3. The predicted octanol–water partition coefficient (Wildman–Crippen LogP) is 4.05. The Labute approximate surface area is 158 Å². The van der Waals surface area contributed by atoms with Crippen molar-refractivity contribution in [1.82, 2.24) is 5.32 Å². The summed E-state index contributed by atoms with van der Waals surface area (Å²) in [6.45, 7) is 5.64. The van der Waals surface area contributed by atoms with Gasteiger partial charge in [0.05, 0.1) is 7.11 Å². The van der Waals surface area contributed by atoms with E-state index in [1.54, 1.807) is 43.5 Å². The molecule has 5 nitrogen and oxygen atoms in total. The fourth-order valence-corrected chi connectivity index (χ4v) is 2.57. The Morgan fingerprint density at radius 2 is 1.73 bits per heavy atom. The number of amides is 2. The van der Waals surface area contributed by atoms with Gasteiger partial charge in [-0.3, -0.25) is 9.59 Å². The van der Waals surface area contributed by atoms with Crippen LogP contribution in [0.2, 0.25) is 5.02 Å². The minimum atomic E-state index is -0.676. The van der Waals surface area contributed by atoms with E-state index in [0.717, 1.165) is 5.56 Å². The summed E-state index contributed by atoms with van der Waals surface area (Å²) in [6.07, 6.45) is 0. The fraction of sp³-hybridized carbons (Fsp3) is 0.300. The third kappa shape index (κ3) is 4.99. The molecule has 0 spiro atoms. The highest BCUT2D eigenvalue weighted by Gasteiger charge is 2.25. The van der Waals surface area contributed by atoms with E-state index in [9.17, 15) is 9.59 Å². The Kier molecular flexibility index (Phi) is 6.64. The molecule has 2 amide bonds. The van der Waals surface area contributed by atoms with E-state index >= 15 is 0 Å². The quantitative estimate of drug-likeness (QED) is 0.801. The monoisotopic (exact) mass is 374 g/mol. The number of nitrogens with one attached hydrogen (secondary N) is 2. The minimum Gasteiger partial charge on any atom is -0.497 e. The molecule has 0 aliphatic heterocycles. The number of hydrogen-bond donors (Lipinski definition) is 2. The number of methoxy groups -OCH3 is 1. The molecule has 138 valence electrons. The molecule has 0 fully saturated rings. The number of hydrogen-bond acceptors (Lipinski definition) is 3. The van der Waals surface area contributed by atoms with Crippen LogP contribution in [0.15, 0.2) is 42.5 Å². The molecule has 0 unspecified atom stereocenters. The van der Waals surface area contributed by atoms with Crippen LogP contribution in [0.25, 0.3) is 0 Å². The number of halogens is 1. The molecular weight excluding hydrogens is 352 g/mol. The number of benzene rings is 2. The molecule has 0 heterocycles. The lowest BCUT2D eigenvalue weighted by atomic mass is 10.0. The van der Waals surface area contributed by atoms with Crippen LogP contribution in [0.1, 0.15) is 29.8 Å². The number of carbonyl (C=O) groups is 2. The Morgan fingerprint density at radius 3 is 2.27 bits per heavy atom. The van der Waals surface area contributed by atoms with Gasteiger partial charge in [0, 0.05) is 16.3 Å². The van der Waals surface area contributed by atoms with Crippen LogP contribution in [0, 0.1) is 12.8 Å². The van der Waals surface area contributed by atoms with Crippen molar-refractivity contribution in [3.8, 4) is 5.75 Å². The van der Waals surface area contributed by atoms with Crippen molar-refractivity contribution in [3.05, 3.63) is 58.6 Å². The average molecular weight is 375 g/mol. The van der Waals surface area contributed by atoms with Gasteiger partial charge in [-0.2, -0.15) is 0 Å². The van der Waals surface area contributed by atoms with Crippen molar-refractivity contribution in [2.24, 2.45) is 5.92 Å². The van der Waals surface area contributed by atoms with E-state index in [1.165, 1.54) is 0 Å². The van der Waals surface area contributed by atoms with E-state index in [0.29, 0.717) is 22.0 Å². The molecule has 2 aromatic rings. The second-order valence-electron chi connectivity index (χ2n) is 6.38. The predicted molar refractivity (Wildman–Crippen MR) is 104 cm³/mol. The Morgan fingerprint density at radius 1 is 1.08 bits per heavy atom. The van der Waals surface area contributed by atoms with Crippen molar-refractivity contribution < 1.29 is 14.3 Å². The van der Waals surface area contributed by atoms with Crippen molar-refractivity contribution in [2.45, 2.75) is 26.8 Å². The van der Waals surface area contributed by atoms with Crippen LogP contribution < -0.4 is 15.4 Å². The smallest absolute Gasteiger partial charge is 0.251 e. The summed E-state index contributed by atoms with van der Waals surface area (Å²) in [4.78, 5) is 25.1. The standard InChI is InChI=1S/C20H23ClN2O3/c1-12(2)18(20(25)22-15-8-5-13(3)17(21)11-15)23-19(24)14-6-9-16(26-4)10-7-14/h5-12,18H,1-4H3,(H,22,25)(H,23,24)/t18-/m0/s1. The SMILES string of the molecule is COc1ccc(C(=O)N[C@H](C(=O)Nc2ccc(C)c(Cl)c2)C(C)C)cc1. The van der Waals surface area contributed by atoms with Crippen LogP contribution in [0.3, 0.4) is 0 Å². The molecule has 2 N–H and O–H groups in total. The van der Waals surface area contributed by atoms with Crippen molar-refractivity contribution >= 4 is 29.1 Å². The average Bonchev–Trinajstić information content (AvgIpc) is 2.62. The molecule has 0 aromatic heterocycles. The summed E-state index contributed by atoms with van der Waals surface area (Å²) in [5.74, 6) is -0.0284. The number of aryl methyl sites for hydroxylation is 1. The third-order valence-electron chi connectivity index (χ3n) is 4.03. The number of carbonyl (C=O) groups excluding carboxylic acids is 2. The first kappa shape index (κ1) is 19.8. The zero-order chi connectivity index (χ0) is 19.3. The van der Waals surface area contributed by atoms with Gasteiger partial charge in [0.25, 0.3) is 5.91 Å². The third-order valence-corrected chi connectivity index (χ3v) is 4.43. The molecule has 0 saturated carbocycles. The Hall–Kier alpha value is -2.53. The van der Waals surface area contributed by atoms with Crippen LogP contribution in [-0.4, -0.2) is 25.0 Å². The number of anilines is 1. The highest BCUT2D eigenvalue weighted by molar-refractivity contribution is 6.31. The van der Waals surface area contributed by atoms with E-state index < -0.39 is 6.04 Å². The van der Waals surface area contributed by atoms with E-state index in [2.05, 4.69) is 10.6 Å². The number of rotatable bonds is 6. The molecule has 0 bridgehead atoms. The molecule has 6 heteroatoms. The maximum absolute atomic E-state index is 12.6. The zero-order valence-corrected chi connectivity index (χ0v) is 16.1. The highest BCUT2D eigenvalue weighted by atomic mass is 35.5. The summed E-state index contributed by atoms with van der Waals surface area (Å²) in [5, 5.41) is 6.17. The van der Waals surface area contributed by atoms with E-state index in [-0.39, 0.29) is 17.7 Å². The fourth-order valence-electron chi connectivity index (χ4n) is 2.39. The Bertz CT molecular complexity index is 788. The molecular formula is C20H23ClN2O3. The van der Waals surface area contributed by atoms with E-state index in [1.807, 2.05) is 26.8 Å². The lowest BCUT2D eigenvalue weighted by Gasteiger charge is -2.22. The maximum atomic E-state index is 12.6. The lowest BCUT2D eigenvalue weighted by Crippen LogP contribution is -2.47. The lowest BCUT2D eigenvalue weighted by molar-refractivity contribution is -0.118. The van der Waals surface area contributed by atoms with E-state index in [4.69, 9.17) is 16.3 Å². The second-order valence-corrected chi connectivity index (χ2v) is 6.78. The summed E-state index contributed by atoms with van der Waals surface area (Å²) < 4.78 is 5.08. The summed E-state index contributed by atoms with van der Waals surface area (Å²) >= 11 is 6.10. The van der Waals surface area contributed by atoms with Gasteiger partial charge in [0.15, 0.2) is 0 Å². The largest absolute Gasteiger partial charge is 0.497 e. The van der Waals surface area contributed by atoms with Crippen LogP contribution in [0.5, 0.6) is 5.75 Å². The van der Waals surface area contributed by atoms with Gasteiger partial charge in [-0.05, 0) is 54.8 Å². The van der Waals surface area contributed by atoms with Gasteiger partial charge in [0.1, 0.15) is 11.8 Å². The van der Waals surface area contributed by atoms with Gasteiger partial charge in [-0.25, -0.2) is 0 Å². The highest BCUT2D eigenvalue weighted by Crippen LogP contribution is 2.20. The topological polar surface area (TPSA) is 67.4 Å². The van der Waals surface area contributed by atoms with Gasteiger partial charge in [-0.1, -0.05) is 31.5 Å². The Balaban J connectivity index is 2.10. The van der Waals surface area contributed by atoms with Gasteiger partial charge in [-0.15, -0.1) is 0 Å². The molecule has 0 saturated heterocycles. The molecule has 1 atom stereocenters. The molecule has 0 aliphatic carbocycles. The minimum absolute atomic E-state index is 0.0851. The molecule has 26 heavy (non-hydrogen) atoms. The number of ether oxygens (including phenoxy) is 1. The zero-order valence-electron chi connectivity index (χ0n) is 15.3. The molecule has 0 aliphatic rings. The van der Waals surface area contributed by atoms with Crippen LogP contribution in [0.4, 0.5) is 5.69 Å². The first-order valence-corrected chi connectivity index (χ1v) is 8.71. The van der Waals surface area contributed by atoms with Gasteiger partial charge in [0.2, 0.25) is 5.91 Å². The first-order chi connectivity index (χ1) is 12.3. The van der Waals surface area contributed by atoms with Crippen molar-refractivity contribution in [1.29, 1.82) is 0 Å². The van der Waals surface area contributed by atoms with Crippen molar-refractivity contribution in [2.75, 3.05) is 12.4 Å². The summed E-state index contributed by atoms with van der Waals surface area (Å²) in [5.41, 5.74) is 1.98. The van der Waals surface area contributed by atoms with Gasteiger partial charge < -0.3 is 15.4 Å². The maximum Gasteiger partial charge on any atom is 0.251 e. The van der Waals surface area contributed by atoms with Gasteiger partial charge >= 0.3 is 0 Å². The van der Waals surface area contributed by atoms with Crippen LogP contribution in [-0.2, 0) is 4.79 Å². The normalized spacial score (nSPS) is 11.8. The second kappa shape index (κ2) is 8.72. The summed E-state index contributed by atoms with van der Waals surface area (Å²) in [7, 11) is 1.56. The first-order valence-electron chi connectivity index (χ1n) is 8.33. The van der Waals surface area contributed by atoms with Crippen molar-refractivity contribution in [3.63, 3.8) is 0 Å².